The molecule has 3 rings (SSSR count). The van der Waals surface area contributed by atoms with Gasteiger partial charge in [-0.3, -0.25) is 4.79 Å². The summed E-state index contributed by atoms with van der Waals surface area (Å²) in [5.41, 5.74) is 2.38. The summed E-state index contributed by atoms with van der Waals surface area (Å²) < 4.78 is 0. The number of hydrogen-bond donors (Lipinski definition) is 1. The number of anilines is 2. The van der Waals surface area contributed by atoms with Crippen molar-refractivity contribution >= 4 is 17.4 Å². The van der Waals surface area contributed by atoms with Crippen LogP contribution in [-0.4, -0.2) is 28.5 Å². The number of benzene rings is 1. The smallest absolute Gasteiger partial charge is 0.274 e. The molecule has 1 aliphatic heterocycles. The van der Waals surface area contributed by atoms with Gasteiger partial charge in [-0.25, -0.2) is 9.97 Å². The van der Waals surface area contributed by atoms with Gasteiger partial charge in [0.15, 0.2) is 0 Å². The molecule has 1 aliphatic rings. The number of amides is 1. The molecule has 1 atom stereocenters. The van der Waals surface area contributed by atoms with Gasteiger partial charge in [-0.2, -0.15) is 0 Å². The lowest BCUT2D eigenvalue weighted by Crippen LogP contribution is -2.39. The van der Waals surface area contributed by atoms with Crippen LogP contribution in [0.25, 0.3) is 0 Å². The summed E-state index contributed by atoms with van der Waals surface area (Å²) in [5, 5.41) is 2.99. The van der Waals surface area contributed by atoms with Gasteiger partial charge in [-0.15, -0.1) is 0 Å². The van der Waals surface area contributed by atoms with E-state index in [1.54, 1.807) is 0 Å². The zero-order valence-corrected chi connectivity index (χ0v) is 15.0. The number of para-hydroxylation sites is 1. The summed E-state index contributed by atoms with van der Waals surface area (Å²) in [4.78, 5) is 23.6. The van der Waals surface area contributed by atoms with Crippen LogP contribution >= 0.6 is 0 Å². The SMILES string of the molecule is CCc1ccccc1NC(=O)c1cc(N2CCCCC2CC)ncn1. The van der Waals surface area contributed by atoms with Gasteiger partial charge in [0.2, 0.25) is 0 Å². The Hall–Kier alpha value is -2.43. The third kappa shape index (κ3) is 3.98. The Bertz CT molecular complexity index is 731. The number of piperidine rings is 1. The minimum atomic E-state index is -0.186. The summed E-state index contributed by atoms with van der Waals surface area (Å²) >= 11 is 0. The minimum Gasteiger partial charge on any atom is -0.354 e. The van der Waals surface area contributed by atoms with E-state index < -0.39 is 0 Å². The number of carbonyl (C=O) groups is 1. The Balaban J connectivity index is 1.80. The first-order valence-corrected chi connectivity index (χ1v) is 9.20. The van der Waals surface area contributed by atoms with Crippen LogP contribution in [0.4, 0.5) is 11.5 Å². The lowest BCUT2D eigenvalue weighted by atomic mass is 10.00. The van der Waals surface area contributed by atoms with Crippen LogP contribution in [0, 0.1) is 0 Å². The molecule has 1 N–H and O–H groups in total. The van der Waals surface area contributed by atoms with E-state index in [1.807, 2.05) is 30.3 Å². The molecule has 5 nitrogen and oxygen atoms in total. The van der Waals surface area contributed by atoms with Crippen molar-refractivity contribution in [1.82, 2.24) is 9.97 Å². The average molecular weight is 338 g/mol. The van der Waals surface area contributed by atoms with Crippen molar-refractivity contribution in [2.45, 2.75) is 52.0 Å². The Morgan fingerprint density at radius 2 is 2.08 bits per heavy atom. The number of aryl methyl sites for hydroxylation is 1. The van der Waals surface area contributed by atoms with Gasteiger partial charge in [0, 0.05) is 24.3 Å². The largest absolute Gasteiger partial charge is 0.354 e. The first kappa shape index (κ1) is 17.4. The number of hydrogen-bond acceptors (Lipinski definition) is 4. The number of carbonyl (C=O) groups excluding carboxylic acids is 1. The molecule has 0 radical (unpaired) electrons. The first-order chi connectivity index (χ1) is 12.2. The first-order valence-electron chi connectivity index (χ1n) is 9.20. The van der Waals surface area contributed by atoms with Crippen molar-refractivity contribution in [3.05, 3.63) is 47.9 Å². The van der Waals surface area contributed by atoms with Gasteiger partial charge in [-0.1, -0.05) is 32.0 Å². The number of nitrogens with zero attached hydrogens (tertiary/aromatic N) is 3. The molecule has 1 fully saturated rings. The van der Waals surface area contributed by atoms with Crippen LogP contribution in [0.15, 0.2) is 36.7 Å². The van der Waals surface area contributed by atoms with Crippen molar-refractivity contribution in [2.75, 3.05) is 16.8 Å². The molecule has 0 bridgehead atoms. The Kier molecular flexibility index (Phi) is 5.64. The molecule has 1 saturated heterocycles. The monoisotopic (exact) mass is 338 g/mol. The summed E-state index contributed by atoms with van der Waals surface area (Å²) in [6.07, 6.45) is 7.09. The highest BCUT2D eigenvalue weighted by atomic mass is 16.1. The third-order valence-corrected chi connectivity index (χ3v) is 4.92. The molecule has 25 heavy (non-hydrogen) atoms. The molecular weight excluding hydrogens is 312 g/mol. The normalized spacial score (nSPS) is 17.4. The molecule has 1 unspecified atom stereocenters. The van der Waals surface area contributed by atoms with Crippen LogP contribution in [0.2, 0.25) is 0 Å². The fourth-order valence-electron chi connectivity index (χ4n) is 3.49. The molecule has 1 amide bonds. The highest BCUT2D eigenvalue weighted by Crippen LogP contribution is 2.25. The zero-order valence-electron chi connectivity index (χ0n) is 15.0. The van der Waals surface area contributed by atoms with Crippen molar-refractivity contribution in [1.29, 1.82) is 0 Å². The van der Waals surface area contributed by atoms with Crippen LogP contribution in [-0.2, 0) is 6.42 Å². The second kappa shape index (κ2) is 8.10. The lowest BCUT2D eigenvalue weighted by molar-refractivity contribution is 0.102. The van der Waals surface area contributed by atoms with E-state index in [-0.39, 0.29) is 5.91 Å². The summed E-state index contributed by atoms with van der Waals surface area (Å²) in [6.45, 7) is 5.28. The Morgan fingerprint density at radius 3 is 2.88 bits per heavy atom. The number of nitrogens with one attached hydrogen (secondary N) is 1. The van der Waals surface area contributed by atoms with E-state index in [9.17, 15) is 4.79 Å². The van der Waals surface area contributed by atoms with Crippen LogP contribution in [0.3, 0.4) is 0 Å². The fraction of sp³-hybridized carbons (Fsp3) is 0.450. The predicted octanol–water partition coefficient (Wildman–Crippen LogP) is 4.06. The number of aromatic nitrogens is 2. The molecule has 1 aromatic heterocycles. The van der Waals surface area contributed by atoms with E-state index in [0.717, 1.165) is 36.5 Å². The van der Waals surface area contributed by atoms with Gasteiger partial charge in [-0.05, 0) is 43.7 Å². The molecule has 2 heterocycles. The highest BCUT2D eigenvalue weighted by molar-refractivity contribution is 6.03. The maximum Gasteiger partial charge on any atom is 0.274 e. The molecule has 1 aromatic carbocycles. The van der Waals surface area contributed by atoms with Gasteiger partial charge in [0.05, 0.1) is 0 Å². The molecule has 0 saturated carbocycles. The lowest BCUT2D eigenvalue weighted by Gasteiger charge is -2.36. The van der Waals surface area contributed by atoms with Crippen LogP contribution < -0.4 is 10.2 Å². The van der Waals surface area contributed by atoms with Crippen molar-refractivity contribution < 1.29 is 4.79 Å². The van der Waals surface area contributed by atoms with Crippen molar-refractivity contribution in [3.8, 4) is 0 Å². The fourth-order valence-corrected chi connectivity index (χ4v) is 3.49. The average Bonchev–Trinajstić information content (AvgIpc) is 2.68. The van der Waals surface area contributed by atoms with Crippen LogP contribution in [0.5, 0.6) is 0 Å². The maximum atomic E-state index is 12.6. The van der Waals surface area contributed by atoms with Gasteiger partial charge in [0.1, 0.15) is 17.8 Å². The van der Waals surface area contributed by atoms with E-state index >= 15 is 0 Å². The molecule has 0 aliphatic carbocycles. The Labute approximate surface area is 149 Å². The molecule has 2 aromatic rings. The third-order valence-electron chi connectivity index (χ3n) is 4.92. The molecule has 132 valence electrons. The van der Waals surface area contributed by atoms with E-state index in [2.05, 4.69) is 34.0 Å². The second-order valence-electron chi connectivity index (χ2n) is 6.48. The number of rotatable bonds is 5. The molecule has 5 heteroatoms. The molecular formula is C20H26N4O. The summed E-state index contributed by atoms with van der Waals surface area (Å²) in [5.74, 6) is 0.671. The minimum absolute atomic E-state index is 0.186. The van der Waals surface area contributed by atoms with E-state index in [4.69, 9.17) is 0 Å². The predicted molar refractivity (Wildman–Crippen MR) is 101 cm³/mol. The zero-order chi connectivity index (χ0) is 17.6. The van der Waals surface area contributed by atoms with Gasteiger partial charge in [0.25, 0.3) is 5.91 Å². The van der Waals surface area contributed by atoms with Gasteiger partial charge >= 0.3 is 0 Å². The Morgan fingerprint density at radius 1 is 1.24 bits per heavy atom. The maximum absolute atomic E-state index is 12.6. The van der Waals surface area contributed by atoms with E-state index in [0.29, 0.717) is 11.7 Å². The summed E-state index contributed by atoms with van der Waals surface area (Å²) in [7, 11) is 0. The summed E-state index contributed by atoms with van der Waals surface area (Å²) in [6, 6.07) is 10.2. The molecule has 0 spiro atoms. The van der Waals surface area contributed by atoms with Crippen molar-refractivity contribution in [2.24, 2.45) is 0 Å². The van der Waals surface area contributed by atoms with Gasteiger partial charge < -0.3 is 10.2 Å². The van der Waals surface area contributed by atoms with E-state index in [1.165, 1.54) is 25.6 Å². The van der Waals surface area contributed by atoms with Crippen LogP contribution in [0.1, 0.15) is 55.6 Å². The quantitative estimate of drug-likeness (QED) is 0.893. The standard InChI is InChI=1S/C20H26N4O/c1-3-15-9-5-6-11-17(15)23-20(25)18-13-19(22-14-21-18)24-12-8-7-10-16(24)4-2/h5-6,9,11,13-14,16H,3-4,7-8,10,12H2,1-2H3,(H,23,25). The highest BCUT2D eigenvalue weighted by Gasteiger charge is 2.23. The second-order valence-corrected chi connectivity index (χ2v) is 6.48. The van der Waals surface area contributed by atoms with Crippen molar-refractivity contribution in [3.63, 3.8) is 0 Å². The topological polar surface area (TPSA) is 58.1 Å².